The number of nitrogens with zero attached hydrogens (tertiary/aromatic N) is 1. The summed E-state index contributed by atoms with van der Waals surface area (Å²) in [6.07, 6.45) is 1.68. The molecule has 0 aliphatic carbocycles. The lowest BCUT2D eigenvalue weighted by atomic mass is 10.1. The Kier molecular flexibility index (Phi) is 3.77. The minimum atomic E-state index is -0.120. The molecule has 0 aliphatic rings. The minimum Gasteiger partial charge on any atom is -0.322 e. The highest BCUT2D eigenvalue weighted by atomic mass is 79.9. The van der Waals surface area contributed by atoms with Gasteiger partial charge in [-0.05, 0) is 49.7 Å². The first kappa shape index (κ1) is 12.8. The molecule has 1 N–H and O–H groups in total. The van der Waals surface area contributed by atoms with Crippen molar-refractivity contribution in [3.63, 3.8) is 0 Å². The molecule has 0 unspecified atom stereocenters. The average Bonchev–Trinajstić information content (AvgIpc) is 2.27. The van der Waals surface area contributed by atoms with E-state index in [9.17, 15) is 4.79 Å². The van der Waals surface area contributed by atoms with Gasteiger partial charge in [-0.1, -0.05) is 15.9 Å². The normalized spacial score (nSPS) is 10.2. The topological polar surface area (TPSA) is 42.0 Å². The Labute approximate surface area is 114 Å². The van der Waals surface area contributed by atoms with Gasteiger partial charge in [-0.3, -0.25) is 9.78 Å². The molecule has 0 radical (unpaired) electrons. The maximum atomic E-state index is 12.1. The van der Waals surface area contributed by atoms with Gasteiger partial charge in [-0.15, -0.1) is 0 Å². The molecule has 1 heterocycles. The van der Waals surface area contributed by atoms with Crippen LogP contribution in [0.5, 0.6) is 0 Å². The molecule has 1 aromatic heterocycles. The average molecular weight is 305 g/mol. The smallest absolute Gasteiger partial charge is 0.255 e. The Bertz CT molecular complexity index is 576. The first-order valence-corrected chi connectivity index (χ1v) is 6.35. The van der Waals surface area contributed by atoms with Crippen molar-refractivity contribution in [3.05, 3.63) is 57.8 Å². The van der Waals surface area contributed by atoms with Gasteiger partial charge in [0.15, 0.2) is 0 Å². The van der Waals surface area contributed by atoms with Crippen LogP contribution in [-0.2, 0) is 0 Å². The highest BCUT2D eigenvalue weighted by Gasteiger charge is 2.07. The summed E-state index contributed by atoms with van der Waals surface area (Å²) in [6.45, 7) is 3.84. The maximum Gasteiger partial charge on any atom is 0.255 e. The second-order valence-corrected chi connectivity index (χ2v) is 5.07. The summed E-state index contributed by atoms with van der Waals surface area (Å²) < 4.78 is 0.901. The lowest BCUT2D eigenvalue weighted by Crippen LogP contribution is -2.12. The molecule has 0 spiro atoms. The van der Waals surface area contributed by atoms with Crippen molar-refractivity contribution in [1.82, 2.24) is 4.98 Å². The van der Waals surface area contributed by atoms with Gasteiger partial charge in [0.2, 0.25) is 0 Å². The molecule has 0 aliphatic heterocycles. The number of halogens is 1. The van der Waals surface area contributed by atoms with Crippen LogP contribution < -0.4 is 5.32 Å². The zero-order valence-corrected chi connectivity index (χ0v) is 11.8. The van der Waals surface area contributed by atoms with Crippen LogP contribution in [0.15, 0.2) is 41.0 Å². The first-order valence-electron chi connectivity index (χ1n) is 5.56. The van der Waals surface area contributed by atoms with E-state index in [1.807, 2.05) is 32.0 Å². The molecular formula is C14H13BrN2O. The number of amides is 1. The van der Waals surface area contributed by atoms with E-state index in [2.05, 4.69) is 26.2 Å². The monoisotopic (exact) mass is 304 g/mol. The Morgan fingerprint density at radius 2 is 2.00 bits per heavy atom. The zero-order valence-electron chi connectivity index (χ0n) is 10.2. The first-order chi connectivity index (χ1) is 8.54. The largest absolute Gasteiger partial charge is 0.322 e. The third-order valence-corrected chi connectivity index (χ3v) is 2.92. The fourth-order valence-electron chi connectivity index (χ4n) is 1.69. The van der Waals surface area contributed by atoms with Crippen molar-refractivity contribution in [2.24, 2.45) is 0 Å². The molecule has 1 amide bonds. The third-order valence-electron chi connectivity index (χ3n) is 2.46. The number of carbonyl (C=O) groups excluding carboxylic acids is 1. The molecule has 18 heavy (non-hydrogen) atoms. The lowest BCUT2D eigenvalue weighted by molar-refractivity contribution is 0.102. The highest BCUT2D eigenvalue weighted by molar-refractivity contribution is 9.10. The van der Waals surface area contributed by atoms with Gasteiger partial charge in [0, 0.05) is 27.6 Å². The Morgan fingerprint density at radius 3 is 2.67 bits per heavy atom. The lowest BCUT2D eigenvalue weighted by Gasteiger charge is -2.07. The van der Waals surface area contributed by atoms with Gasteiger partial charge in [-0.25, -0.2) is 0 Å². The number of benzene rings is 1. The van der Waals surface area contributed by atoms with E-state index in [1.165, 1.54) is 0 Å². The Hall–Kier alpha value is -1.68. The number of nitrogens with one attached hydrogen (secondary N) is 1. The Balaban J connectivity index is 2.22. The summed E-state index contributed by atoms with van der Waals surface area (Å²) in [5, 5.41) is 2.85. The third kappa shape index (κ3) is 3.17. The number of carbonyl (C=O) groups is 1. The number of hydrogen-bond donors (Lipinski definition) is 1. The molecule has 0 atom stereocenters. The van der Waals surface area contributed by atoms with Crippen LogP contribution in [-0.4, -0.2) is 10.9 Å². The predicted molar refractivity (Wildman–Crippen MR) is 75.8 cm³/mol. The van der Waals surface area contributed by atoms with Crippen molar-refractivity contribution in [2.45, 2.75) is 13.8 Å². The van der Waals surface area contributed by atoms with E-state index in [-0.39, 0.29) is 5.91 Å². The second kappa shape index (κ2) is 5.31. The van der Waals surface area contributed by atoms with Crippen LogP contribution in [0.1, 0.15) is 21.6 Å². The molecule has 0 saturated carbocycles. The van der Waals surface area contributed by atoms with Crippen LogP contribution in [0.2, 0.25) is 0 Å². The van der Waals surface area contributed by atoms with Crippen molar-refractivity contribution in [2.75, 3.05) is 5.32 Å². The van der Waals surface area contributed by atoms with Gasteiger partial charge >= 0.3 is 0 Å². The van der Waals surface area contributed by atoms with Gasteiger partial charge in [0.25, 0.3) is 5.91 Å². The molecule has 1 aromatic carbocycles. The number of hydrogen-bond acceptors (Lipinski definition) is 2. The summed E-state index contributed by atoms with van der Waals surface area (Å²) in [5.41, 5.74) is 3.31. The summed E-state index contributed by atoms with van der Waals surface area (Å²) in [7, 11) is 0. The zero-order chi connectivity index (χ0) is 13.1. The van der Waals surface area contributed by atoms with Crippen LogP contribution >= 0.6 is 15.9 Å². The Morgan fingerprint density at radius 1 is 1.22 bits per heavy atom. The summed E-state index contributed by atoms with van der Waals surface area (Å²) >= 11 is 3.39. The number of anilines is 1. The minimum absolute atomic E-state index is 0.120. The summed E-state index contributed by atoms with van der Waals surface area (Å²) in [6, 6.07) is 9.23. The predicted octanol–water partition coefficient (Wildman–Crippen LogP) is 3.71. The number of aromatic nitrogens is 1. The molecule has 2 rings (SSSR count). The summed E-state index contributed by atoms with van der Waals surface area (Å²) in [5.74, 6) is -0.120. The molecule has 0 saturated heterocycles. The van der Waals surface area contributed by atoms with E-state index in [0.29, 0.717) is 5.56 Å². The van der Waals surface area contributed by atoms with E-state index >= 15 is 0 Å². The van der Waals surface area contributed by atoms with E-state index in [0.717, 1.165) is 21.4 Å². The van der Waals surface area contributed by atoms with Crippen molar-refractivity contribution in [3.8, 4) is 0 Å². The van der Waals surface area contributed by atoms with Crippen LogP contribution in [0.25, 0.3) is 0 Å². The number of rotatable bonds is 2. The SMILES string of the molecule is Cc1cc(Br)cc(C(=O)Nc2ccnc(C)c2)c1. The fourth-order valence-corrected chi connectivity index (χ4v) is 2.30. The van der Waals surface area contributed by atoms with Gasteiger partial charge < -0.3 is 5.32 Å². The van der Waals surface area contributed by atoms with Gasteiger partial charge in [0.05, 0.1) is 0 Å². The molecule has 0 bridgehead atoms. The van der Waals surface area contributed by atoms with Gasteiger partial charge in [-0.2, -0.15) is 0 Å². The van der Waals surface area contributed by atoms with E-state index < -0.39 is 0 Å². The van der Waals surface area contributed by atoms with Crippen molar-refractivity contribution in [1.29, 1.82) is 0 Å². The molecule has 0 fully saturated rings. The fraction of sp³-hybridized carbons (Fsp3) is 0.143. The van der Waals surface area contributed by atoms with Crippen LogP contribution in [0.3, 0.4) is 0 Å². The molecule has 2 aromatic rings. The van der Waals surface area contributed by atoms with Crippen LogP contribution in [0.4, 0.5) is 5.69 Å². The molecule has 3 nitrogen and oxygen atoms in total. The maximum absolute atomic E-state index is 12.1. The van der Waals surface area contributed by atoms with Gasteiger partial charge in [0.1, 0.15) is 0 Å². The van der Waals surface area contributed by atoms with E-state index in [1.54, 1.807) is 18.3 Å². The number of pyridine rings is 1. The van der Waals surface area contributed by atoms with Crippen molar-refractivity contribution >= 4 is 27.5 Å². The van der Waals surface area contributed by atoms with Crippen LogP contribution in [0, 0.1) is 13.8 Å². The number of aryl methyl sites for hydroxylation is 2. The molecule has 4 heteroatoms. The standard InChI is InChI=1S/C14H13BrN2O/c1-9-5-11(8-12(15)6-9)14(18)17-13-3-4-16-10(2)7-13/h3-8H,1-2H3,(H,16,17,18). The molecular weight excluding hydrogens is 292 g/mol. The van der Waals surface area contributed by atoms with Crippen molar-refractivity contribution < 1.29 is 4.79 Å². The summed E-state index contributed by atoms with van der Waals surface area (Å²) in [4.78, 5) is 16.2. The second-order valence-electron chi connectivity index (χ2n) is 4.16. The highest BCUT2D eigenvalue weighted by Crippen LogP contribution is 2.17. The molecule has 92 valence electrons. The van der Waals surface area contributed by atoms with E-state index in [4.69, 9.17) is 0 Å². The quantitative estimate of drug-likeness (QED) is 0.919.